The average Bonchev–Trinajstić information content (AvgIpc) is 2.55. The van der Waals surface area contributed by atoms with Crippen molar-refractivity contribution >= 4 is 17.3 Å². The Morgan fingerprint density at radius 3 is 2.50 bits per heavy atom. The van der Waals surface area contributed by atoms with Crippen molar-refractivity contribution in [3.05, 3.63) is 59.7 Å². The van der Waals surface area contributed by atoms with Crippen molar-refractivity contribution in [3.63, 3.8) is 0 Å². The van der Waals surface area contributed by atoms with Crippen LogP contribution in [0.15, 0.2) is 53.7 Å². The lowest BCUT2D eigenvalue weighted by atomic mass is 10.1. The molecule has 0 atom stereocenters. The number of nitrogens with one attached hydrogen (secondary N) is 1. The van der Waals surface area contributed by atoms with Crippen molar-refractivity contribution in [3.8, 4) is 5.75 Å². The molecule has 0 saturated carbocycles. The summed E-state index contributed by atoms with van der Waals surface area (Å²) in [5.74, 6) is 0.362. The molecular weight excluding hydrogens is 280 g/mol. The van der Waals surface area contributed by atoms with Crippen LogP contribution in [-0.2, 0) is 4.79 Å². The van der Waals surface area contributed by atoms with Crippen molar-refractivity contribution in [1.29, 1.82) is 0 Å². The fourth-order valence-corrected chi connectivity index (χ4v) is 1.90. The van der Waals surface area contributed by atoms with Crippen molar-refractivity contribution in [2.24, 2.45) is 5.16 Å². The third kappa shape index (κ3) is 4.09. The minimum atomic E-state index is -0.216. The topological polar surface area (TPSA) is 70.9 Å². The Morgan fingerprint density at radius 1 is 1.18 bits per heavy atom. The molecule has 2 aromatic rings. The number of ether oxygens (including phenoxy) is 1. The summed E-state index contributed by atoms with van der Waals surface area (Å²) < 4.78 is 5.43. The predicted octanol–water partition coefficient (Wildman–Crippen LogP) is 3.21. The second-order valence-corrected chi connectivity index (χ2v) is 4.86. The van der Waals surface area contributed by atoms with E-state index in [1.165, 1.54) is 0 Å². The summed E-state index contributed by atoms with van der Waals surface area (Å²) in [6.07, 6.45) is 0. The van der Waals surface area contributed by atoms with E-state index in [4.69, 9.17) is 9.94 Å². The fraction of sp³-hybridized carbons (Fsp3) is 0.176. The summed E-state index contributed by atoms with van der Waals surface area (Å²) >= 11 is 0. The van der Waals surface area contributed by atoms with E-state index in [-0.39, 0.29) is 12.5 Å². The molecule has 2 aromatic carbocycles. The molecule has 0 aliphatic rings. The van der Waals surface area contributed by atoms with Crippen LogP contribution in [0.2, 0.25) is 0 Å². The smallest absolute Gasteiger partial charge is 0.262 e. The van der Waals surface area contributed by atoms with Crippen molar-refractivity contribution in [2.75, 3.05) is 11.9 Å². The molecule has 0 heterocycles. The molecule has 0 aromatic heterocycles. The highest BCUT2D eigenvalue weighted by Crippen LogP contribution is 2.15. The number of hydrogen-bond acceptors (Lipinski definition) is 4. The minimum absolute atomic E-state index is 0.0687. The van der Waals surface area contributed by atoms with Crippen LogP contribution < -0.4 is 10.1 Å². The first-order valence-electron chi connectivity index (χ1n) is 6.87. The fourth-order valence-electron chi connectivity index (χ4n) is 1.90. The summed E-state index contributed by atoms with van der Waals surface area (Å²) in [5, 5.41) is 14.6. The van der Waals surface area contributed by atoms with Gasteiger partial charge in [-0.1, -0.05) is 23.4 Å². The lowest BCUT2D eigenvalue weighted by molar-refractivity contribution is -0.118. The summed E-state index contributed by atoms with van der Waals surface area (Å²) in [6, 6.07) is 14.6. The third-order valence-corrected chi connectivity index (χ3v) is 3.21. The number of amides is 1. The van der Waals surface area contributed by atoms with Gasteiger partial charge in [-0.3, -0.25) is 4.79 Å². The number of hydrogen-bond donors (Lipinski definition) is 2. The number of oxime groups is 1. The number of para-hydroxylation sites is 1. The Kier molecular flexibility index (Phi) is 5.14. The standard InChI is InChI=1S/C17H18N2O3/c1-12-5-3-4-6-16(12)18-17(20)11-22-15-9-7-14(8-10-15)13(2)19-21/h3-10,21H,11H2,1-2H3,(H,18,20)/b19-13+. The van der Waals surface area contributed by atoms with Gasteiger partial charge in [-0.25, -0.2) is 0 Å². The largest absolute Gasteiger partial charge is 0.484 e. The molecule has 1 amide bonds. The molecular formula is C17H18N2O3. The van der Waals surface area contributed by atoms with Gasteiger partial charge < -0.3 is 15.3 Å². The molecule has 0 unspecified atom stereocenters. The van der Waals surface area contributed by atoms with E-state index in [1.807, 2.05) is 31.2 Å². The maximum Gasteiger partial charge on any atom is 0.262 e. The van der Waals surface area contributed by atoms with E-state index < -0.39 is 0 Å². The molecule has 114 valence electrons. The first kappa shape index (κ1) is 15.6. The number of anilines is 1. The lowest BCUT2D eigenvalue weighted by Gasteiger charge is -2.09. The Hall–Kier alpha value is -2.82. The van der Waals surface area contributed by atoms with Gasteiger partial charge in [0.1, 0.15) is 5.75 Å². The molecule has 2 rings (SSSR count). The van der Waals surface area contributed by atoms with Crippen LogP contribution in [0, 0.1) is 6.92 Å². The molecule has 5 nitrogen and oxygen atoms in total. The van der Waals surface area contributed by atoms with Gasteiger partial charge in [0.15, 0.2) is 6.61 Å². The third-order valence-electron chi connectivity index (χ3n) is 3.21. The molecule has 0 fully saturated rings. The van der Waals surface area contributed by atoms with Crippen LogP contribution in [0.3, 0.4) is 0 Å². The maximum absolute atomic E-state index is 11.9. The normalized spacial score (nSPS) is 11.1. The number of benzene rings is 2. The molecule has 0 aliphatic heterocycles. The Bertz CT molecular complexity index is 679. The second kappa shape index (κ2) is 7.26. The van der Waals surface area contributed by atoms with Crippen LogP contribution in [0.25, 0.3) is 0 Å². The van der Waals surface area contributed by atoms with E-state index in [9.17, 15) is 4.79 Å². The number of aryl methyl sites for hydroxylation is 1. The van der Waals surface area contributed by atoms with Crippen LogP contribution in [0.4, 0.5) is 5.69 Å². The number of carbonyl (C=O) groups excluding carboxylic acids is 1. The molecule has 22 heavy (non-hydrogen) atoms. The highest BCUT2D eigenvalue weighted by Gasteiger charge is 2.06. The van der Waals surface area contributed by atoms with E-state index in [0.29, 0.717) is 11.5 Å². The average molecular weight is 298 g/mol. The zero-order chi connectivity index (χ0) is 15.9. The summed E-state index contributed by atoms with van der Waals surface area (Å²) in [4.78, 5) is 11.9. The van der Waals surface area contributed by atoms with Crippen LogP contribution in [0.5, 0.6) is 5.75 Å². The SMILES string of the molecule is C/C(=N\O)c1ccc(OCC(=O)Nc2ccccc2C)cc1. The maximum atomic E-state index is 11.9. The molecule has 0 radical (unpaired) electrons. The zero-order valence-corrected chi connectivity index (χ0v) is 12.5. The quantitative estimate of drug-likeness (QED) is 0.506. The van der Waals surface area contributed by atoms with E-state index in [1.54, 1.807) is 31.2 Å². The van der Waals surface area contributed by atoms with Crippen LogP contribution in [-0.4, -0.2) is 23.4 Å². The molecule has 0 saturated heterocycles. The Morgan fingerprint density at radius 2 is 1.86 bits per heavy atom. The highest BCUT2D eigenvalue weighted by atomic mass is 16.5. The lowest BCUT2D eigenvalue weighted by Crippen LogP contribution is -2.20. The Balaban J connectivity index is 1.90. The molecule has 0 aliphatic carbocycles. The van der Waals surface area contributed by atoms with Gasteiger partial charge in [-0.05, 0) is 55.3 Å². The highest BCUT2D eigenvalue weighted by molar-refractivity contribution is 5.98. The van der Waals surface area contributed by atoms with Crippen molar-refractivity contribution in [1.82, 2.24) is 0 Å². The molecule has 2 N–H and O–H groups in total. The van der Waals surface area contributed by atoms with E-state index in [2.05, 4.69) is 10.5 Å². The summed E-state index contributed by atoms with van der Waals surface area (Å²) in [7, 11) is 0. The van der Waals surface area contributed by atoms with E-state index >= 15 is 0 Å². The van der Waals surface area contributed by atoms with Gasteiger partial charge in [0, 0.05) is 5.69 Å². The van der Waals surface area contributed by atoms with Crippen molar-refractivity contribution in [2.45, 2.75) is 13.8 Å². The van der Waals surface area contributed by atoms with Gasteiger partial charge in [0.05, 0.1) is 5.71 Å². The predicted molar refractivity (Wildman–Crippen MR) is 85.7 cm³/mol. The molecule has 5 heteroatoms. The van der Waals surface area contributed by atoms with Gasteiger partial charge in [-0.2, -0.15) is 0 Å². The van der Waals surface area contributed by atoms with Gasteiger partial charge in [0.2, 0.25) is 0 Å². The first-order chi connectivity index (χ1) is 10.6. The second-order valence-electron chi connectivity index (χ2n) is 4.86. The summed E-state index contributed by atoms with van der Waals surface area (Å²) in [5.41, 5.74) is 3.09. The Labute approximate surface area is 129 Å². The number of rotatable bonds is 5. The number of nitrogens with zero attached hydrogens (tertiary/aromatic N) is 1. The zero-order valence-electron chi connectivity index (χ0n) is 12.5. The van der Waals surface area contributed by atoms with Gasteiger partial charge in [0.25, 0.3) is 5.91 Å². The van der Waals surface area contributed by atoms with Crippen molar-refractivity contribution < 1.29 is 14.7 Å². The molecule has 0 spiro atoms. The number of carbonyl (C=O) groups is 1. The van der Waals surface area contributed by atoms with Crippen LogP contribution >= 0.6 is 0 Å². The summed E-state index contributed by atoms with van der Waals surface area (Å²) in [6.45, 7) is 3.56. The first-order valence-corrected chi connectivity index (χ1v) is 6.87. The van der Waals surface area contributed by atoms with Crippen LogP contribution in [0.1, 0.15) is 18.1 Å². The minimum Gasteiger partial charge on any atom is -0.484 e. The van der Waals surface area contributed by atoms with E-state index in [0.717, 1.165) is 16.8 Å². The van der Waals surface area contributed by atoms with Gasteiger partial charge >= 0.3 is 0 Å². The molecule has 0 bridgehead atoms. The monoisotopic (exact) mass is 298 g/mol. The van der Waals surface area contributed by atoms with Gasteiger partial charge in [-0.15, -0.1) is 0 Å².